The topological polar surface area (TPSA) is 78.7 Å². The second kappa shape index (κ2) is 7.40. The van der Waals surface area contributed by atoms with Gasteiger partial charge in [-0.3, -0.25) is 4.79 Å². The van der Waals surface area contributed by atoms with Crippen LogP contribution in [0, 0.1) is 18.3 Å². The summed E-state index contributed by atoms with van der Waals surface area (Å²) >= 11 is 1.42. The van der Waals surface area contributed by atoms with E-state index in [1.54, 1.807) is 0 Å². The molecule has 1 N–H and O–H groups in total. The molecule has 1 aromatic carbocycles. The van der Waals surface area contributed by atoms with Gasteiger partial charge in [-0.2, -0.15) is 5.26 Å². The fourth-order valence-corrected chi connectivity index (χ4v) is 4.21. The molecule has 3 rings (SSSR count). The van der Waals surface area contributed by atoms with E-state index >= 15 is 0 Å². The molecule has 5 nitrogen and oxygen atoms in total. The largest absolute Gasteiger partial charge is 0.337 e. The van der Waals surface area contributed by atoms with E-state index < -0.39 is 5.54 Å². The van der Waals surface area contributed by atoms with Crippen LogP contribution in [0.4, 0.5) is 0 Å². The minimum atomic E-state index is -0.701. The molecule has 25 heavy (non-hydrogen) atoms. The van der Waals surface area contributed by atoms with Gasteiger partial charge in [-0.1, -0.05) is 49.2 Å². The fourth-order valence-electron chi connectivity index (χ4n) is 3.23. The summed E-state index contributed by atoms with van der Waals surface area (Å²) in [6.45, 7) is 3.72. The number of carbonyl (C=O) groups is 1. The molecule has 1 aliphatic carbocycles. The van der Waals surface area contributed by atoms with Gasteiger partial charge in [0.25, 0.3) is 0 Å². The Kier molecular flexibility index (Phi) is 5.24. The van der Waals surface area contributed by atoms with Crippen LogP contribution in [0.5, 0.6) is 0 Å². The molecule has 1 heterocycles. The van der Waals surface area contributed by atoms with Crippen molar-refractivity contribution in [1.82, 2.24) is 15.3 Å². The van der Waals surface area contributed by atoms with Crippen LogP contribution in [0.2, 0.25) is 0 Å². The SMILES string of the molecule is Cc1nc(S[C@H](C)C(=O)NC2(C#N)CCCCC2)c2ccccc2n1. The van der Waals surface area contributed by atoms with Gasteiger partial charge in [0.15, 0.2) is 0 Å². The summed E-state index contributed by atoms with van der Waals surface area (Å²) in [7, 11) is 0. The Morgan fingerprint density at radius 1 is 1.28 bits per heavy atom. The van der Waals surface area contributed by atoms with Gasteiger partial charge in [0.2, 0.25) is 5.91 Å². The highest BCUT2D eigenvalue weighted by molar-refractivity contribution is 8.00. The summed E-state index contributed by atoms with van der Waals surface area (Å²) < 4.78 is 0. The van der Waals surface area contributed by atoms with Crippen LogP contribution in [0.15, 0.2) is 29.3 Å². The number of aryl methyl sites for hydroxylation is 1. The minimum absolute atomic E-state index is 0.103. The summed E-state index contributed by atoms with van der Waals surface area (Å²) in [6.07, 6.45) is 4.59. The van der Waals surface area contributed by atoms with Crippen molar-refractivity contribution in [2.24, 2.45) is 0 Å². The summed E-state index contributed by atoms with van der Waals surface area (Å²) in [5, 5.41) is 14.0. The van der Waals surface area contributed by atoms with Crippen LogP contribution in [0.3, 0.4) is 0 Å². The number of nitrogens with one attached hydrogen (secondary N) is 1. The molecule has 0 bridgehead atoms. The highest BCUT2D eigenvalue weighted by Crippen LogP contribution is 2.31. The molecule has 6 heteroatoms. The van der Waals surface area contributed by atoms with Gasteiger partial charge in [0.1, 0.15) is 16.4 Å². The van der Waals surface area contributed by atoms with E-state index in [9.17, 15) is 10.1 Å². The van der Waals surface area contributed by atoms with E-state index in [1.165, 1.54) is 11.8 Å². The number of benzene rings is 1. The van der Waals surface area contributed by atoms with E-state index in [-0.39, 0.29) is 11.2 Å². The van der Waals surface area contributed by atoms with E-state index in [2.05, 4.69) is 21.4 Å². The molecular formula is C19H22N4OS. The first-order valence-corrected chi connectivity index (χ1v) is 9.54. The van der Waals surface area contributed by atoms with E-state index in [0.29, 0.717) is 5.82 Å². The summed E-state index contributed by atoms with van der Waals surface area (Å²) in [6, 6.07) is 10.2. The summed E-state index contributed by atoms with van der Waals surface area (Å²) in [5.74, 6) is 0.586. The highest BCUT2D eigenvalue weighted by Gasteiger charge is 2.35. The average Bonchev–Trinajstić information content (AvgIpc) is 2.62. The molecule has 2 aromatic rings. The Labute approximate surface area is 152 Å². The Balaban J connectivity index is 1.77. The molecule has 0 unspecified atom stereocenters. The molecule has 0 radical (unpaired) electrons. The lowest BCUT2D eigenvalue weighted by atomic mass is 9.83. The van der Waals surface area contributed by atoms with Crippen molar-refractivity contribution in [1.29, 1.82) is 5.26 Å². The third-order valence-corrected chi connectivity index (χ3v) is 5.72. The first-order valence-electron chi connectivity index (χ1n) is 8.66. The lowest BCUT2D eigenvalue weighted by molar-refractivity contribution is -0.121. The van der Waals surface area contributed by atoms with Crippen LogP contribution < -0.4 is 5.32 Å². The van der Waals surface area contributed by atoms with Gasteiger partial charge >= 0.3 is 0 Å². The van der Waals surface area contributed by atoms with Crippen molar-refractivity contribution in [2.75, 3.05) is 0 Å². The molecule has 130 valence electrons. The normalized spacial score (nSPS) is 17.6. The molecule has 1 amide bonds. The predicted molar refractivity (Wildman–Crippen MR) is 99.2 cm³/mol. The number of aromatic nitrogens is 2. The molecule has 0 aliphatic heterocycles. The molecule has 1 fully saturated rings. The maximum atomic E-state index is 12.7. The van der Waals surface area contributed by atoms with Crippen LogP contribution >= 0.6 is 11.8 Å². The van der Waals surface area contributed by atoms with Crippen LogP contribution in [0.1, 0.15) is 44.9 Å². The number of hydrogen-bond acceptors (Lipinski definition) is 5. The zero-order valence-electron chi connectivity index (χ0n) is 14.6. The van der Waals surface area contributed by atoms with Crippen LogP contribution in [0.25, 0.3) is 10.9 Å². The van der Waals surface area contributed by atoms with Gasteiger partial charge < -0.3 is 5.32 Å². The van der Waals surface area contributed by atoms with Gasteiger partial charge in [-0.05, 0) is 32.8 Å². The molecule has 1 saturated carbocycles. The van der Waals surface area contributed by atoms with E-state index in [4.69, 9.17) is 0 Å². The number of nitriles is 1. The van der Waals surface area contributed by atoms with E-state index in [1.807, 2.05) is 38.1 Å². The molecule has 1 atom stereocenters. The van der Waals surface area contributed by atoms with Crippen molar-refractivity contribution in [3.63, 3.8) is 0 Å². The number of hydrogen-bond donors (Lipinski definition) is 1. The smallest absolute Gasteiger partial charge is 0.234 e. The lowest BCUT2D eigenvalue weighted by Gasteiger charge is -2.32. The van der Waals surface area contributed by atoms with Gasteiger partial charge in [-0.15, -0.1) is 0 Å². The van der Waals surface area contributed by atoms with Crippen LogP contribution in [-0.4, -0.2) is 26.7 Å². The van der Waals surface area contributed by atoms with Gasteiger partial charge in [0.05, 0.1) is 16.8 Å². The Morgan fingerprint density at radius 2 is 2.00 bits per heavy atom. The van der Waals surface area contributed by atoms with Crippen molar-refractivity contribution in [3.8, 4) is 6.07 Å². The zero-order chi connectivity index (χ0) is 17.9. The number of rotatable bonds is 4. The maximum absolute atomic E-state index is 12.7. The number of thioether (sulfide) groups is 1. The Bertz CT molecular complexity index is 824. The highest BCUT2D eigenvalue weighted by atomic mass is 32.2. The third kappa shape index (κ3) is 3.93. The van der Waals surface area contributed by atoms with E-state index in [0.717, 1.165) is 48.0 Å². The van der Waals surface area contributed by atoms with Crippen molar-refractivity contribution in [2.45, 2.75) is 61.8 Å². The minimum Gasteiger partial charge on any atom is -0.337 e. The van der Waals surface area contributed by atoms with Crippen LogP contribution in [-0.2, 0) is 4.79 Å². The van der Waals surface area contributed by atoms with Gasteiger partial charge in [-0.25, -0.2) is 9.97 Å². The Morgan fingerprint density at radius 3 is 2.72 bits per heavy atom. The molecule has 0 saturated heterocycles. The lowest BCUT2D eigenvalue weighted by Crippen LogP contribution is -2.50. The second-order valence-corrected chi connectivity index (χ2v) is 7.93. The second-order valence-electron chi connectivity index (χ2n) is 6.60. The Hall–Kier alpha value is -2.13. The molecule has 1 aliphatic rings. The predicted octanol–water partition coefficient (Wildman–Crippen LogP) is 3.76. The standard InChI is InChI=1S/C19H22N4OS/c1-13(17(24)23-19(12-20)10-6-3-7-11-19)25-18-15-8-4-5-9-16(15)21-14(2)22-18/h4-5,8-9,13H,3,6-7,10-11H2,1-2H3,(H,23,24)/t13-/m1/s1. The zero-order valence-corrected chi connectivity index (χ0v) is 15.4. The quantitative estimate of drug-likeness (QED) is 0.668. The summed E-state index contributed by atoms with van der Waals surface area (Å²) in [5.41, 5.74) is 0.180. The average molecular weight is 354 g/mol. The number of nitrogens with zero attached hydrogens (tertiary/aromatic N) is 3. The van der Waals surface area contributed by atoms with Gasteiger partial charge in [0, 0.05) is 5.39 Å². The molecule has 0 spiro atoms. The fraction of sp³-hybridized carbons (Fsp3) is 0.474. The number of para-hydroxylation sites is 1. The third-order valence-electron chi connectivity index (χ3n) is 4.62. The molecular weight excluding hydrogens is 332 g/mol. The van der Waals surface area contributed by atoms with Crippen molar-refractivity contribution in [3.05, 3.63) is 30.1 Å². The number of fused-ring (bicyclic) bond motifs is 1. The number of carbonyl (C=O) groups excluding carboxylic acids is 1. The molecule has 1 aromatic heterocycles. The monoisotopic (exact) mass is 354 g/mol. The maximum Gasteiger partial charge on any atom is 0.234 e. The number of amides is 1. The summed E-state index contributed by atoms with van der Waals surface area (Å²) in [4.78, 5) is 21.6. The van der Waals surface area contributed by atoms with Crippen molar-refractivity contribution >= 4 is 28.6 Å². The first kappa shape index (κ1) is 17.7. The van der Waals surface area contributed by atoms with Crippen molar-refractivity contribution < 1.29 is 4.79 Å². The first-order chi connectivity index (χ1) is 12.0.